The Bertz CT molecular complexity index is 391. The molecule has 0 unspecified atom stereocenters. The molecule has 1 aromatic carbocycles. The monoisotopic (exact) mass is 274 g/mol. The molecule has 0 atom stereocenters. The highest BCUT2D eigenvalue weighted by atomic mass is 16.5. The topological polar surface area (TPSA) is 26.3 Å². The second kappa shape index (κ2) is 8.08. The van der Waals surface area contributed by atoms with Crippen LogP contribution >= 0.6 is 0 Å². The van der Waals surface area contributed by atoms with Crippen molar-refractivity contribution in [3.05, 3.63) is 35.9 Å². The van der Waals surface area contributed by atoms with Gasteiger partial charge in [-0.05, 0) is 36.8 Å². The van der Waals surface area contributed by atoms with Gasteiger partial charge in [0.05, 0.1) is 12.2 Å². The van der Waals surface area contributed by atoms with Crippen molar-refractivity contribution in [1.29, 1.82) is 0 Å². The smallest absolute Gasteiger partial charge is 0.338 e. The molecular formula is C18H26O2. The van der Waals surface area contributed by atoms with Crippen molar-refractivity contribution in [3.8, 4) is 0 Å². The van der Waals surface area contributed by atoms with Crippen LogP contribution in [0.25, 0.3) is 0 Å². The highest BCUT2D eigenvalue weighted by molar-refractivity contribution is 5.89. The van der Waals surface area contributed by atoms with Gasteiger partial charge in [-0.25, -0.2) is 4.79 Å². The van der Waals surface area contributed by atoms with E-state index in [-0.39, 0.29) is 5.97 Å². The molecule has 0 radical (unpaired) electrons. The second-order valence-corrected chi connectivity index (χ2v) is 5.99. The molecule has 1 aliphatic carbocycles. The van der Waals surface area contributed by atoms with Crippen molar-refractivity contribution in [2.75, 3.05) is 6.61 Å². The summed E-state index contributed by atoms with van der Waals surface area (Å²) in [6.45, 7) is 2.85. The quantitative estimate of drug-likeness (QED) is 0.694. The Balaban J connectivity index is 1.67. The summed E-state index contributed by atoms with van der Waals surface area (Å²) in [5.41, 5.74) is 0.657. The first kappa shape index (κ1) is 15.1. The van der Waals surface area contributed by atoms with Crippen molar-refractivity contribution < 1.29 is 9.53 Å². The molecular weight excluding hydrogens is 248 g/mol. The average molecular weight is 274 g/mol. The fraction of sp³-hybridized carbons (Fsp3) is 0.611. The summed E-state index contributed by atoms with van der Waals surface area (Å²) in [5, 5.41) is 0. The van der Waals surface area contributed by atoms with E-state index in [0.717, 1.165) is 5.92 Å². The summed E-state index contributed by atoms with van der Waals surface area (Å²) >= 11 is 0. The Kier molecular flexibility index (Phi) is 6.10. The minimum Gasteiger partial charge on any atom is -0.462 e. The number of esters is 1. The Labute approximate surface area is 122 Å². The van der Waals surface area contributed by atoms with Crippen molar-refractivity contribution in [3.63, 3.8) is 0 Å². The van der Waals surface area contributed by atoms with Gasteiger partial charge in [0.15, 0.2) is 0 Å². The summed E-state index contributed by atoms with van der Waals surface area (Å²) in [6.07, 6.45) is 9.11. The van der Waals surface area contributed by atoms with Gasteiger partial charge in [-0.15, -0.1) is 0 Å². The van der Waals surface area contributed by atoms with Crippen molar-refractivity contribution in [2.45, 2.75) is 51.9 Å². The number of ether oxygens (including phenoxy) is 1. The summed E-state index contributed by atoms with van der Waals surface area (Å²) in [7, 11) is 0. The lowest BCUT2D eigenvalue weighted by Crippen LogP contribution is -2.20. The van der Waals surface area contributed by atoms with Crippen LogP contribution in [0.4, 0.5) is 0 Å². The molecule has 2 nitrogen and oxygen atoms in total. The number of unbranched alkanes of at least 4 members (excludes halogenated alkanes) is 1. The van der Waals surface area contributed by atoms with Crippen LogP contribution in [-0.2, 0) is 4.74 Å². The SMILES string of the molecule is CCCCC1CCC(COC(=O)c2ccccc2)CC1. The molecule has 0 saturated heterocycles. The number of benzene rings is 1. The third-order valence-electron chi connectivity index (χ3n) is 4.39. The lowest BCUT2D eigenvalue weighted by atomic mass is 9.80. The fourth-order valence-electron chi connectivity index (χ4n) is 3.03. The number of hydrogen-bond donors (Lipinski definition) is 0. The van der Waals surface area contributed by atoms with Gasteiger partial charge in [-0.2, -0.15) is 0 Å². The number of carbonyl (C=O) groups excluding carboxylic acids is 1. The molecule has 0 bridgehead atoms. The van der Waals surface area contributed by atoms with Crippen LogP contribution in [-0.4, -0.2) is 12.6 Å². The molecule has 1 fully saturated rings. The van der Waals surface area contributed by atoms with Gasteiger partial charge < -0.3 is 4.74 Å². The second-order valence-electron chi connectivity index (χ2n) is 5.99. The van der Waals surface area contributed by atoms with Crippen LogP contribution in [0.15, 0.2) is 30.3 Å². The molecule has 0 N–H and O–H groups in total. The molecule has 2 heteroatoms. The fourth-order valence-corrected chi connectivity index (χ4v) is 3.03. The largest absolute Gasteiger partial charge is 0.462 e. The van der Waals surface area contributed by atoms with Crippen LogP contribution < -0.4 is 0 Å². The predicted octanol–water partition coefficient (Wildman–Crippen LogP) is 4.84. The van der Waals surface area contributed by atoms with Crippen LogP contribution in [0.3, 0.4) is 0 Å². The highest BCUT2D eigenvalue weighted by Crippen LogP contribution is 2.32. The molecule has 20 heavy (non-hydrogen) atoms. The van der Waals surface area contributed by atoms with E-state index in [2.05, 4.69) is 6.92 Å². The lowest BCUT2D eigenvalue weighted by Gasteiger charge is -2.28. The zero-order valence-electron chi connectivity index (χ0n) is 12.5. The summed E-state index contributed by atoms with van der Waals surface area (Å²) < 4.78 is 5.44. The molecule has 1 saturated carbocycles. The summed E-state index contributed by atoms with van der Waals surface area (Å²) in [5.74, 6) is 1.30. The zero-order chi connectivity index (χ0) is 14.2. The van der Waals surface area contributed by atoms with Crippen LogP contribution in [0, 0.1) is 11.8 Å². The van der Waals surface area contributed by atoms with Crippen LogP contribution in [0.5, 0.6) is 0 Å². The standard InChI is InChI=1S/C18H26O2/c1-2-3-7-15-10-12-16(13-11-15)14-20-18(19)17-8-5-4-6-9-17/h4-6,8-9,15-16H,2-3,7,10-14H2,1H3. The first-order chi connectivity index (χ1) is 9.79. The van der Waals surface area contributed by atoms with Crippen LogP contribution in [0.2, 0.25) is 0 Å². The molecule has 0 aliphatic heterocycles. The maximum atomic E-state index is 11.9. The zero-order valence-corrected chi connectivity index (χ0v) is 12.5. The maximum absolute atomic E-state index is 11.9. The Morgan fingerprint density at radius 1 is 1.10 bits per heavy atom. The van der Waals surface area contributed by atoms with E-state index in [4.69, 9.17) is 4.74 Å². The Morgan fingerprint density at radius 3 is 2.40 bits per heavy atom. The van der Waals surface area contributed by atoms with E-state index < -0.39 is 0 Å². The number of carbonyl (C=O) groups is 1. The summed E-state index contributed by atoms with van der Waals surface area (Å²) in [6, 6.07) is 9.27. The third-order valence-corrected chi connectivity index (χ3v) is 4.39. The average Bonchev–Trinajstić information content (AvgIpc) is 2.52. The molecule has 0 spiro atoms. The third kappa shape index (κ3) is 4.66. The van der Waals surface area contributed by atoms with Crippen molar-refractivity contribution in [1.82, 2.24) is 0 Å². The summed E-state index contributed by atoms with van der Waals surface area (Å²) in [4.78, 5) is 11.9. The van der Waals surface area contributed by atoms with E-state index in [9.17, 15) is 4.79 Å². The van der Waals surface area contributed by atoms with E-state index in [1.165, 1.54) is 44.9 Å². The van der Waals surface area contributed by atoms with Crippen molar-refractivity contribution in [2.24, 2.45) is 11.8 Å². The number of rotatable bonds is 6. The highest BCUT2D eigenvalue weighted by Gasteiger charge is 2.22. The van der Waals surface area contributed by atoms with E-state index >= 15 is 0 Å². The minimum atomic E-state index is -0.182. The van der Waals surface area contributed by atoms with Gasteiger partial charge in [-0.1, -0.05) is 57.2 Å². The van der Waals surface area contributed by atoms with Gasteiger partial charge in [0.25, 0.3) is 0 Å². The Hall–Kier alpha value is -1.31. The van der Waals surface area contributed by atoms with Gasteiger partial charge in [-0.3, -0.25) is 0 Å². The van der Waals surface area contributed by atoms with Gasteiger partial charge >= 0.3 is 5.97 Å². The van der Waals surface area contributed by atoms with Gasteiger partial charge in [0, 0.05) is 0 Å². The molecule has 1 aromatic rings. The van der Waals surface area contributed by atoms with Gasteiger partial charge in [0.2, 0.25) is 0 Å². The lowest BCUT2D eigenvalue weighted by molar-refractivity contribution is 0.0393. The Morgan fingerprint density at radius 2 is 1.75 bits per heavy atom. The number of hydrogen-bond acceptors (Lipinski definition) is 2. The molecule has 2 rings (SSSR count). The van der Waals surface area contributed by atoms with Gasteiger partial charge in [0.1, 0.15) is 0 Å². The molecule has 0 heterocycles. The first-order valence-electron chi connectivity index (χ1n) is 8.01. The minimum absolute atomic E-state index is 0.182. The molecule has 110 valence electrons. The van der Waals surface area contributed by atoms with E-state index in [0.29, 0.717) is 18.1 Å². The molecule has 0 amide bonds. The van der Waals surface area contributed by atoms with Crippen LogP contribution in [0.1, 0.15) is 62.2 Å². The van der Waals surface area contributed by atoms with E-state index in [1.54, 1.807) is 0 Å². The predicted molar refractivity (Wildman–Crippen MR) is 81.7 cm³/mol. The maximum Gasteiger partial charge on any atom is 0.338 e. The molecule has 1 aliphatic rings. The van der Waals surface area contributed by atoms with E-state index in [1.807, 2.05) is 30.3 Å². The van der Waals surface area contributed by atoms with Crippen molar-refractivity contribution >= 4 is 5.97 Å². The molecule has 0 aromatic heterocycles. The first-order valence-corrected chi connectivity index (χ1v) is 8.01. The normalized spacial score (nSPS) is 22.4.